The Bertz CT molecular complexity index is 632. The van der Waals surface area contributed by atoms with Crippen LogP contribution >= 0.6 is 27.5 Å². The van der Waals surface area contributed by atoms with Crippen molar-refractivity contribution < 1.29 is 4.79 Å². The fourth-order valence-corrected chi connectivity index (χ4v) is 2.48. The van der Waals surface area contributed by atoms with Crippen LogP contribution in [0.15, 0.2) is 16.9 Å². The molecule has 0 atom stereocenters. The molecular formula is C13H17BrClN5O. The van der Waals surface area contributed by atoms with Crippen molar-refractivity contribution in [3.8, 4) is 0 Å². The van der Waals surface area contributed by atoms with E-state index >= 15 is 0 Å². The van der Waals surface area contributed by atoms with Gasteiger partial charge in [0.05, 0.1) is 33.6 Å². The van der Waals surface area contributed by atoms with E-state index < -0.39 is 0 Å². The molecule has 0 aromatic carbocycles. The number of halogens is 2. The van der Waals surface area contributed by atoms with E-state index in [1.807, 2.05) is 13.8 Å². The van der Waals surface area contributed by atoms with Gasteiger partial charge in [-0.25, -0.2) is 0 Å². The molecular weight excluding hydrogens is 358 g/mol. The highest BCUT2D eigenvalue weighted by atomic mass is 79.9. The van der Waals surface area contributed by atoms with Crippen molar-refractivity contribution >= 4 is 33.4 Å². The lowest BCUT2D eigenvalue weighted by Crippen LogP contribution is -2.31. The van der Waals surface area contributed by atoms with Gasteiger partial charge in [-0.15, -0.1) is 0 Å². The fraction of sp³-hybridized carbons (Fsp3) is 0.462. The second kappa shape index (κ2) is 6.62. The predicted octanol–water partition coefficient (Wildman–Crippen LogP) is 2.48. The van der Waals surface area contributed by atoms with E-state index in [0.717, 1.165) is 22.4 Å². The van der Waals surface area contributed by atoms with Gasteiger partial charge in [-0.1, -0.05) is 11.6 Å². The molecule has 0 radical (unpaired) electrons. The smallest absolute Gasteiger partial charge is 0.244 e. The summed E-state index contributed by atoms with van der Waals surface area (Å²) in [5.41, 5.74) is 1.70. The van der Waals surface area contributed by atoms with Gasteiger partial charge < -0.3 is 4.90 Å². The van der Waals surface area contributed by atoms with Crippen LogP contribution in [0.2, 0.25) is 5.02 Å². The second-order valence-corrected chi connectivity index (χ2v) is 6.03. The number of nitrogens with zero attached hydrogens (tertiary/aromatic N) is 5. The van der Waals surface area contributed by atoms with Crippen molar-refractivity contribution in [2.45, 2.75) is 33.5 Å². The quantitative estimate of drug-likeness (QED) is 0.808. The zero-order valence-electron chi connectivity index (χ0n) is 12.2. The number of carbonyl (C=O) groups excluding carboxylic acids is 1. The molecule has 0 aliphatic rings. The van der Waals surface area contributed by atoms with E-state index in [0.29, 0.717) is 11.6 Å². The average Bonchev–Trinajstić information content (AvgIpc) is 2.93. The van der Waals surface area contributed by atoms with Crippen molar-refractivity contribution in [3.63, 3.8) is 0 Å². The molecule has 2 heterocycles. The maximum absolute atomic E-state index is 12.2. The second-order valence-electron chi connectivity index (χ2n) is 4.76. The molecule has 114 valence electrons. The first-order valence-corrected chi connectivity index (χ1v) is 7.73. The number of rotatable bonds is 5. The van der Waals surface area contributed by atoms with Crippen LogP contribution in [0.5, 0.6) is 0 Å². The topological polar surface area (TPSA) is 56.0 Å². The van der Waals surface area contributed by atoms with E-state index in [-0.39, 0.29) is 12.5 Å². The largest absolute Gasteiger partial charge is 0.338 e. The van der Waals surface area contributed by atoms with Crippen LogP contribution in [-0.2, 0) is 24.4 Å². The number of carbonyl (C=O) groups is 1. The molecule has 2 aromatic heterocycles. The maximum atomic E-state index is 12.2. The maximum Gasteiger partial charge on any atom is 0.244 e. The van der Waals surface area contributed by atoms with Crippen LogP contribution in [0.1, 0.15) is 18.3 Å². The summed E-state index contributed by atoms with van der Waals surface area (Å²) in [4.78, 5) is 13.9. The summed E-state index contributed by atoms with van der Waals surface area (Å²) in [7, 11) is 1.75. The third-order valence-electron chi connectivity index (χ3n) is 3.19. The Morgan fingerprint density at radius 3 is 2.81 bits per heavy atom. The molecule has 0 unspecified atom stereocenters. The Balaban J connectivity index is 2.04. The van der Waals surface area contributed by atoms with Crippen molar-refractivity contribution in [1.82, 2.24) is 24.5 Å². The number of aryl methyl sites for hydroxylation is 2. The van der Waals surface area contributed by atoms with Crippen LogP contribution in [0.25, 0.3) is 0 Å². The predicted molar refractivity (Wildman–Crippen MR) is 84.0 cm³/mol. The highest BCUT2D eigenvalue weighted by Gasteiger charge is 2.16. The minimum atomic E-state index is -0.0371. The van der Waals surface area contributed by atoms with E-state index in [9.17, 15) is 4.79 Å². The monoisotopic (exact) mass is 373 g/mol. The molecule has 0 saturated carbocycles. The summed E-state index contributed by atoms with van der Waals surface area (Å²) < 4.78 is 4.31. The zero-order valence-corrected chi connectivity index (χ0v) is 14.5. The minimum absolute atomic E-state index is 0.0371. The molecule has 21 heavy (non-hydrogen) atoms. The Morgan fingerprint density at radius 1 is 1.52 bits per heavy atom. The van der Waals surface area contributed by atoms with Gasteiger partial charge in [0.25, 0.3) is 0 Å². The molecule has 8 heteroatoms. The van der Waals surface area contributed by atoms with E-state index in [1.54, 1.807) is 33.7 Å². The van der Waals surface area contributed by atoms with Crippen molar-refractivity contribution in [3.05, 3.63) is 33.3 Å². The summed E-state index contributed by atoms with van der Waals surface area (Å²) in [5.74, 6) is -0.0371. The van der Waals surface area contributed by atoms with E-state index in [4.69, 9.17) is 11.6 Å². The van der Waals surface area contributed by atoms with E-state index in [2.05, 4.69) is 26.1 Å². The molecule has 0 N–H and O–H groups in total. The first-order chi connectivity index (χ1) is 9.92. The Morgan fingerprint density at radius 2 is 2.24 bits per heavy atom. The lowest BCUT2D eigenvalue weighted by Gasteiger charge is -2.18. The summed E-state index contributed by atoms with van der Waals surface area (Å²) in [6.45, 7) is 5.20. The summed E-state index contributed by atoms with van der Waals surface area (Å²) in [6, 6.07) is 0. The lowest BCUT2D eigenvalue weighted by atomic mass is 10.3. The molecule has 0 fully saturated rings. The summed E-state index contributed by atoms with van der Waals surface area (Å²) >= 11 is 9.49. The highest BCUT2D eigenvalue weighted by molar-refractivity contribution is 9.10. The minimum Gasteiger partial charge on any atom is -0.338 e. The van der Waals surface area contributed by atoms with E-state index in [1.165, 1.54) is 0 Å². The van der Waals surface area contributed by atoms with Crippen LogP contribution in [-0.4, -0.2) is 37.4 Å². The van der Waals surface area contributed by atoms with Crippen molar-refractivity contribution in [1.29, 1.82) is 0 Å². The first kappa shape index (κ1) is 16.0. The number of aromatic nitrogens is 4. The molecule has 6 nitrogen and oxygen atoms in total. The standard InChI is InChI=1S/C13H17BrClN5O/c1-4-20-12(11(15)5-16-20)7-18(3)13(21)8-19-6-10(14)9(2)17-19/h5-6H,4,7-8H2,1-3H3. The molecule has 0 spiro atoms. The molecule has 0 bridgehead atoms. The van der Waals surface area contributed by atoms with Crippen LogP contribution in [0.4, 0.5) is 0 Å². The molecule has 0 aliphatic heterocycles. The van der Waals surface area contributed by atoms with Gasteiger partial charge in [-0.05, 0) is 29.8 Å². The average molecular weight is 375 g/mol. The lowest BCUT2D eigenvalue weighted by molar-refractivity contribution is -0.131. The van der Waals surface area contributed by atoms with Gasteiger partial charge in [0, 0.05) is 19.8 Å². The SMILES string of the molecule is CCn1ncc(Cl)c1CN(C)C(=O)Cn1cc(Br)c(C)n1. The Labute approximate surface area is 136 Å². The van der Waals surface area contributed by atoms with Crippen molar-refractivity contribution in [2.75, 3.05) is 7.05 Å². The van der Waals surface area contributed by atoms with Crippen molar-refractivity contribution in [2.24, 2.45) is 0 Å². The zero-order chi connectivity index (χ0) is 15.6. The first-order valence-electron chi connectivity index (χ1n) is 6.56. The van der Waals surface area contributed by atoms with Crippen LogP contribution < -0.4 is 0 Å². The third kappa shape index (κ3) is 3.65. The molecule has 0 saturated heterocycles. The van der Waals surface area contributed by atoms with Gasteiger partial charge in [-0.3, -0.25) is 14.2 Å². The van der Waals surface area contributed by atoms with Gasteiger partial charge in [-0.2, -0.15) is 10.2 Å². The van der Waals surface area contributed by atoms with Gasteiger partial charge in [0.15, 0.2) is 0 Å². The summed E-state index contributed by atoms with van der Waals surface area (Å²) in [5, 5.41) is 9.01. The molecule has 2 rings (SSSR count). The molecule has 1 amide bonds. The number of likely N-dealkylation sites (N-methyl/N-ethyl adjacent to an activating group) is 1. The molecule has 0 aliphatic carbocycles. The third-order valence-corrected chi connectivity index (χ3v) is 4.29. The number of amides is 1. The summed E-state index contributed by atoms with van der Waals surface area (Å²) in [6.07, 6.45) is 3.40. The van der Waals surface area contributed by atoms with Gasteiger partial charge in [0.1, 0.15) is 6.54 Å². The van der Waals surface area contributed by atoms with Gasteiger partial charge in [0.2, 0.25) is 5.91 Å². The highest BCUT2D eigenvalue weighted by Crippen LogP contribution is 2.17. The Hall–Kier alpha value is -1.34. The molecule has 2 aromatic rings. The number of hydrogen-bond donors (Lipinski definition) is 0. The van der Waals surface area contributed by atoms with Gasteiger partial charge >= 0.3 is 0 Å². The Kier molecular flexibility index (Phi) is 5.05. The van der Waals surface area contributed by atoms with Crippen LogP contribution in [0.3, 0.4) is 0 Å². The number of hydrogen-bond acceptors (Lipinski definition) is 3. The normalized spacial score (nSPS) is 10.9. The fourth-order valence-electron chi connectivity index (χ4n) is 1.96. The van der Waals surface area contributed by atoms with Crippen LogP contribution in [0, 0.1) is 6.92 Å².